The van der Waals surface area contributed by atoms with Crippen molar-refractivity contribution >= 4 is 11.6 Å². The van der Waals surface area contributed by atoms with E-state index in [-0.39, 0.29) is 0 Å². The quantitative estimate of drug-likeness (QED) is 0.638. The van der Waals surface area contributed by atoms with Crippen LogP contribution in [0, 0.1) is 0 Å². The van der Waals surface area contributed by atoms with E-state index < -0.39 is 5.25 Å². The van der Waals surface area contributed by atoms with Gasteiger partial charge in [-0.05, 0) is 24.7 Å². The summed E-state index contributed by atoms with van der Waals surface area (Å²) in [6, 6.07) is 7.03. The topological polar surface area (TPSA) is 29.3 Å². The Bertz CT molecular complexity index is 338. The SMILES string of the molecule is CCN(CC)C(F)(Cl)c1cccc(CN)c1. The molecule has 0 amide bonds. The lowest BCUT2D eigenvalue weighted by atomic mass is 10.1. The fourth-order valence-corrected chi connectivity index (χ4v) is 2.05. The van der Waals surface area contributed by atoms with Crippen molar-refractivity contribution in [3.05, 3.63) is 35.4 Å². The summed E-state index contributed by atoms with van der Waals surface area (Å²) < 4.78 is 14.5. The normalized spacial score (nSPS) is 15.1. The summed E-state index contributed by atoms with van der Waals surface area (Å²) in [6.07, 6.45) is 0. The van der Waals surface area contributed by atoms with E-state index in [0.29, 0.717) is 25.2 Å². The summed E-state index contributed by atoms with van der Waals surface area (Å²) in [5, 5.41) is -1.95. The number of rotatable bonds is 5. The van der Waals surface area contributed by atoms with E-state index in [1.165, 1.54) is 0 Å². The van der Waals surface area contributed by atoms with Crippen molar-refractivity contribution < 1.29 is 4.39 Å². The van der Waals surface area contributed by atoms with Gasteiger partial charge in [0.2, 0.25) is 0 Å². The molecular weight excluding hydrogens is 227 g/mol. The second-order valence-corrected chi connectivity index (χ2v) is 4.12. The lowest BCUT2D eigenvalue weighted by molar-refractivity contribution is 0.0480. The Morgan fingerprint density at radius 1 is 1.38 bits per heavy atom. The van der Waals surface area contributed by atoms with Crippen LogP contribution in [-0.2, 0) is 11.8 Å². The molecule has 16 heavy (non-hydrogen) atoms. The van der Waals surface area contributed by atoms with Crippen LogP contribution in [-0.4, -0.2) is 18.0 Å². The third-order valence-corrected chi connectivity index (χ3v) is 3.13. The van der Waals surface area contributed by atoms with Crippen LogP contribution in [0.1, 0.15) is 25.0 Å². The first-order valence-corrected chi connectivity index (χ1v) is 5.86. The second kappa shape index (κ2) is 5.62. The number of benzene rings is 1. The first-order chi connectivity index (χ1) is 7.56. The molecule has 1 aromatic carbocycles. The smallest absolute Gasteiger partial charge is 0.265 e. The highest BCUT2D eigenvalue weighted by Gasteiger charge is 2.34. The highest BCUT2D eigenvalue weighted by molar-refractivity contribution is 6.22. The van der Waals surface area contributed by atoms with Gasteiger partial charge in [-0.1, -0.05) is 43.6 Å². The Labute approximate surface area is 101 Å². The molecule has 90 valence electrons. The van der Waals surface area contributed by atoms with Gasteiger partial charge in [0.15, 0.2) is 0 Å². The molecule has 0 bridgehead atoms. The van der Waals surface area contributed by atoms with Crippen LogP contribution >= 0.6 is 11.6 Å². The molecule has 1 atom stereocenters. The molecule has 0 saturated carbocycles. The summed E-state index contributed by atoms with van der Waals surface area (Å²) in [7, 11) is 0. The summed E-state index contributed by atoms with van der Waals surface area (Å²) in [5.74, 6) is 0. The van der Waals surface area contributed by atoms with E-state index in [1.54, 1.807) is 23.1 Å². The molecule has 1 rings (SSSR count). The average molecular weight is 245 g/mol. The van der Waals surface area contributed by atoms with E-state index >= 15 is 0 Å². The third-order valence-electron chi connectivity index (χ3n) is 2.67. The Hall–Kier alpha value is -0.640. The number of nitrogens with zero attached hydrogens (tertiary/aromatic N) is 1. The molecule has 0 aliphatic rings. The predicted molar refractivity (Wildman–Crippen MR) is 65.9 cm³/mol. The van der Waals surface area contributed by atoms with Gasteiger partial charge in [0.25, 0.3) is 5.25 Å². The Kier molecular flexibility index (Phi) is 4.71. The van der Waals surface area contributed by atoms with Crippen LogP contribution < -0.4 is 5.73 Å². The van der Waals surface area contributed by atoms with Gasteiger partial charge in [0, 0.05) is 12.1 Å². The van der Waals surface area contributed by atoms with Gasteiger partial charge < -0.3 is 5.73 Å². The molecule has 0 saturated heterocycles. The highest BCUT2D eigenvalue weighted by Crippen LogP contribution is 2.34. The van der Waals surface area contributed by atoms with Crippen LogP contribution in [0.5, 0.6) is 0 Å². The van der Waals surface area contributed by atoms with E-state index in [4.69, 9.17) is 17.3 Å². The van der Waals surface area contributed by atoms with Crippen molar-refractivity contribution in [3.8, 4) is 0 Å². The zero-order valence-electron chi connectivity index (χ0n) is 9.71. The van der Waals surface area contributed by atoms with Crippen molar-refractivity contribution in [2.75, 3.05) is 13.1 Å². The lowest BCUT2D eigenvalue weighted by Gasteiger charge is -2.31. The molecule has 0 aromatic heterocycles. The van der Waals surface area contributed by atoms with Gasteiger partial charge in [-0.2, -0.15) is 0 Å². The van der Waals surface area contributed by atoms with Crippen molar-refractivity contribution in [1.29, 1.82) is 0 Å². The molecule has 1 aromatic rings. The summed E-state index contributed by atoms with van der Waals surface area (Å²) in [4.78, 5) is 1.56. The molecule has 0 heterocycles. The maximum absolute atomic E-state index is 14.5. The van der Waals surface area contributed by atoms with Crippen LogP contribution in [0.3, 0.4) is 0 Å². The molecular formula is C12H18ClFN2. The second-order valence-electron chi connectivity index (χ2n) is 3.62. The predicted octanol–water partition coefficient (Wildman–Crippen LogP) is 2.81. The van der Waals surface area contributed by atoms with Crippen molar-refractivity contribution in [1.82, 2.24) is 4.90 Å². The zero-order valence-corrected chi connectivity index (χ0v) is 10.5. The first-order valence-electron chi connectivity index (χ1n) is 5.48. The molecule has 2 nitrogen and oxygen atoms in total. The number of hydrogen-bond donors (Lipinski definition) is 1. The van der Waals surface area contributed by atoms with Gasteiger partial charge in [0.1, 0.15) is 0 Å². The summed E-state index contributed by atoms with van der Waals surface area (Å²) in [6.45, 7) is 5.27. The average Bonchev–Trinajstić information content (AvgIpc) is 2.30. The van der Waals surface area contributed by atoms with E-state index in [1.807, 2.05) is 19.9 Å². The third kappa shape index (κ3) is 2.73. The molecule has 0 aliphatic carbocycles. The van der Waals surface area contributed by atoms with Gasteiger partial charge in [-0.3, -0.25) is 4.90 Å². The molecule has 0 radical (unpaired) electrons. The van der Waals surface area contributed by atoms with Crippen LogP contribution in [0.15, 0.2) is 24.3 Å². The molecule has 4 heteroatoms. The monoisotopic (exact) mass is 244 g/mol. The minimum atomic E-state index is -1.95. The van der Waals surface area contributed by atoms with Crippen LogP contribution in [0.25, 0.3) is 0 Å². The standard InChI is InChI=1S/C12H18ClFN2/c1-3-16(4-2)12(13,14)11-7-5-6-10(8-11)9-15/h5-8H,3-4,9,15H2,1-2H3. The fourth-order valence-electron chi connectivity index (χ4n) is 1.69. The largest absolute Gasteiger partial charge is 0.326 e. The lowest BCUT2D eigenvalue weighted by Crippen LogP contribution is -2.38. The van der Waals surface area contributed by atoms with Gasteiger partial charge in [-0.15, -0.1) is 0 Å². The molecule has 2 N–H and O–H groups in total. The van der Waals surface area contributed by atoms with Crippen molar-refractivity contribution in [2.24, 2.45) is 5.73 Å². The maximum Gasteiger partial charge on any atom is 0.265 e. The van der Waals surface area contributed by atoms with Crippen LogP contribution in [0.2, 0.25) is 0 Å². The number of nitrogens with two attached hydrogens (primary N) is 1. The fraction of sp³-hybridized carbons (Fsp3) is 0.500. The number of alkyl halides is 2. The minimum Gasteiger partial charge on any atom is -0.326 e. The Morgan fingerprint density at radius 2 is 2.00 bits per heavy atom. The van der Waals surface area contributed by atoms with Crippen molar-refractivity contribution in [3.63, 3.8) is 0 Å². The zero-order chi connectivity index (χ0) is 12.2. The molecule has 0 aliphatic heterocycles. The van der Waals surface area contributed by atoms with E-state index in [0.717, 1.165) is 5.56 Å². The minimum absolute atomic E-state index is 0.388. The van der Waals surface area contributed by atoms with Gasteiger partial charge in [0.05, 0.1) is 0 Å². The molecule has 0 fully saturated rings. The molecule has 1 unspecified atom stereocenters. The van der Waals surface area contributed by atoms with Crippen molar-refractivity contribution in [2.45, 2.75) is 25.6 Å². The van der Waals surface area contributed by atoms with E-state index in [2.05, 4.69) is 0 Å². The number of halogens is 2. The molecule has 0 spiro atoms. The highest BCUT2D eigenvalue weighted by atomic mass is 35.5. The Morgan fingerprint density at radius 3 is 2.50 bits per heavy atom. The van der Waals surface area contributed by atoms with Gasteiger partial charge >= 0.3 is 0 Å². The summed E-state index contributed by atoms with van der Waals surface area (Å²) in [5.41, 5.74) is 6.85. The Balaban J connectivity index is 3.04. The van der Waals surface area contributed by atoms with Gasteiger partial charge in [-0.25, -0.2) is 4.39 Å². The van der Waals surface area contributed by atoms with Crippen LogP contribution in [0.4, 0.5) is 4.39 Å². The first kappa shape index (κ1) is 13.4. The number of hydrogen-bond acceptors (Lipinski definition) is 2. The maximum atomic E-state index is 14.5. The van der Waals surface area contributed by atoms with E-state index in [9.17, 15) is 4.39 Å². The summed E-state index contributed by atoms with van der Waals surface area (Å²) >= 11 is 5.98.